The largest absolute Gasteiger partial charge is 0.496 e. The summed E-state index contributed by atoms with van der Waals surface area (Å²) in [7, 11) is 4.75. The van der Waals surface area contributed by atoms with Gasteiger partial charge >= 0.3 is 6.09 Å². The summed E-state index contributed by atoms with van der Waals surface area (Å²) >= 11 is 0. The highest BCUT2D eigenvalue weighted by molar-refractivity contribution is 5.70. The number of benzene rings is 1. The van der Waals surface area contributed by atoms with Crippen LogP contribution >= 0.6 is 0 Å². The smallest absolute Gasteiger partial charge is 0.409 e. The molecule has 0 spiro atoms. The SMILES string of the molecule is CCNCc1cc(OC)c2c(c1OC)CCN(C(=O)OC)C2C. The molecule has 23 heavy (non-hydrogen) atoms. The topological polar surface area (TPSA) is 60.0 Å². The van der Waals surface area contributed by atoms with Crippen molar-refractivity contribution < 1.29 is 19.0 Å². The first-order chi connectivity index (χ1) is 11.1. The van der Waals surface area contributed by atoms with Crippen LogP contribution in [0, 0.1) is 0 Å². The van der Waals surface area contributed by atoms with Crippen molar-refractivity contribution in [3.05, 3.63) is 22.8 Å². The lowest BCUT2D eigenvalue weighted by Crippen LogP contribution is -2.39. The molecule has 1 aromatic carbocycles. The van der Waals surface area contributed by atoms with Gasteiger partial charge < -0.3 is 24.4 Å². The molecule has 0 saturated heterocycles. The Kier molecular flexibility index (Phi) is 5.71. The average Bonchev–Trinajstić information content (AvgIpc) is 2.58. The third-order valence-corrected chi connectivity index (χ3v) is 4.35. The number of carbonyl (C=O) groups is 1. The third kappa shape index (κ3) is 3.22. The number of hydrogen-bond acceptors (Lipinski definition) is 5. The lowest BCUT2D eigenvalue weighted by atomic mass is 9.89. The molecule has 0 saturated carbocycles. The first-order valence-corrected chi connectivity index (χ1v) is 7.90. The Hall–Kier alpha value is -1.95. The molecule has 1 unspecified atom stereocenters. The van der Waals surface area contributed by atoms with E-state index < -0.39 is 0 Å². The molecule has 6 nitrogen and oxygen atoms in total. The molecule has 1 amide bonds. The molecule has 1 atom stereocenters. The maximum Gasteiger partial charge on any atom is 0.409 e. The Labute approximate surface area is 137 Å². The summed E-state index contributed by atoms with van der Waals surface area (Å²) in [5, 5.41) is 3.32. The molecular weight excluding hydrogens is 296 g/mol. The summed E-state index contributed by atoms with van der Waals surface area (Å²) in [6.45, 7) is 6.26. The predicted molar refractivity (Wildman–Crippen MR) is 88.2 cm³/mol. The van der Waals surface area contributed by atoms with Gasteiger partial charge in [-0.3, -0.25) is 0 Å². The number of nitrogens with one attached hydrogen (secondary N) is 1. The lowest BCUT2D eigenvalue weighted by molar-refractivity contribution is 0.104. The van der Waals surface area contributed by atoms with Crippen molar-refractivity contribution in [1.82, 2.24) is 10.2 Å². The number of hydrogen-bond donors (Lipinski definition) is 1. The standard InChI is InChI=1S/C17H26N2O4/c1-6-18-10-12-9-14(21-3)15-11(2)19(17(20)23-5)8-7-13(15)16(12)22-4/h9,11,18H,6-8,10H2,1-5H3. The van der Waals surface area contributed by atoms with Gasteiger partial charge in [0.25, 0.3) is 0 Å². The Morgan fingerprint density at radius 3 is 2.65 bits per heavy atom. The number of methoxy groups -OCH3 is 3. The molecule has 1 N–H and O–H groups in total. The van der Waals surface area contributed by atoms with Crippen LogP contribution in [0.15, 0.2) is 6.07 Å². The van der Waals surface area contributed by atoms with Gasteiger partial charge in [0.1, 0.15) is 11.5 Å². The number of nitrogens with zero attached hydrogens (tertiary/aromatic N) is 1. The van der Waals surface area contributed by atoms with E-state index in [1.807, 2.05) is 13.0 Å². The molecule has 0 radical (unpaired) electrons. The van der Waals surface area contributed by atoms with Crippen molar-refractivity contribution in [1.29, 1.82) is 0 Å². The first-order valence-electron chi connectivity index (χ1n) is 7.90. The van der Waals surface area contributed by atoms with Gasteiger partial charge in [0, 0.05) is 29.8 Å². The maximum absolute atomic E-state index is 12.0. The van der Waals surface area contributed by atoms with E-state index in [0.29, 0.717) is 13.0 Å². The van der Waals surface area contributed by atoms with Crippen molar-refractivity contribution in [2.75, 3.05) is 34.4 Å². The summed E-state index contributed by atoms with van der Waals surface area (Å²) in [4.78, 5) is 13.7. The van der Waals surface area contributed by atoms with Crippen molar-refractivity contribution in [2.45, 2.75) is 32.9 Å². The van der Waals surface area contributed by atoms with Crippen molar-refractivity contribution >= 4 is 6.09 Å². The zero-order valence-corrected chi connectivity index (χ0v) is 14.6. The van der Waals surface area contributed by atoms with E-state index >= 15 is 0 Å². The van der Waals surface area contributed by atoms with Crippen LogP contribution < -0.4 is 14.8 Å². The fourth-order valence-electron chi connectivity index (χ4n) is 3.24. The van der Waals surface area contributed by atoms with Crippen LogP contribution in [-0.4, -0.2) is 45.4 Å². The van der Waals surface area contributed by atoms with Crippen LogP contribution in [0.1, 0.15) is 36.6 Å². The highest BCUT2D eigenvalue weighted by Gasteiger charge is 2.33. The van der Waals surface area contributed by atoms with Crippen molar-refractivity contribution in [2.24, 2.45) is 0 Å². The van der Waals surface area contributed by atoms with Crippen LogP contribution in [0.2, 0.25) is 0 Å². The number of fused-ring (bicyclic) bond motifs is 1. The summed E-state index contributed by atoms with van der Waals surface area (Å²) in [5.74, 6) is 1.67. The van der Waals surface area contributed by atoms with E-state index in [0.717, 1.165) is 41.3 Å². The molecule has 1 aliphatic heterocycles. The summed E-state index contributed by atoms with van der Waals surface area (Å²) < 4.78 is 16.2. The van der Waals surface area contributed by atoms with E-state index in [4.69, 9.17) is 14.2 Å². The number of ether oxygens (including phenoxy) is 3. The van der Waals surface area contributed by atoms with Crippen LogP contribution in [0.3, 0.4) is 0 Å². The van der Waals surface area contributed by atoms with E-state index in [2.05, 4.69) is 12.2 Å². The minimum Gasteiger partial charge on any atom is -0.496 e. The van der Waals surface area contributed by atoms with Gasteiger partial charge in [0.15, 0.2) is 0 Å². The molecule has 2 rings (SSSR count). The van der Waals surface area contributed by atoms with Gasteiger partial charge in [-0.25, -0.2) is 4.79 Å². The van der Waals surface area contributed by atoms with Gasteiger partial charge in [0.05, 0.1) is 27.4 Å². The van der Waals surface area contributed by atoms with E-state index in [1.165, 1.54) is 7.11 Å². The van der Waals surface area contributed by atoms with Crippen LogP contribution in [0.5, 0.6) is 11.5 Å². The van der Waals surface area contributed by atoms with Gasteiger partial charge in [0.2, 0.25) is 0 Å². The first kappa shape index (κ1) is 17.4. The lowest BCUT2D eigenvalue weighted by Gasteiger charge is -2.36. The highest BCUT2D eigenvalue weighted by Crippen LogP contribution is 2.43. The Bertz CT molecular complexity index is 574. The normalized spacial score (nSPS) is 16.7. The minimum atomic E-state index is -0.319. The molecule has 0 aliphatic carbocycles. The molecule has 0 bridgehead atoms. The van der Waals surface area contributed by atoms with Crippen molar-refractivity contribution in [3.8, 4) is 11.5 Å². The summed E-state index contributed by atoms with van der Waals surface area (Å²) in [6.07, 6.45) is 0.398. The fraction of sp³-hybridized carbons (Fsp3) is 0.588. The number of carbonyl (C=O) groups excluding carboxylic acids is 1. The van der Waals surface area contributed by atoms with Gasteiger partial charge in [-0.05, 0) is 26.0 Å². The second-order valence-electron chi connectivity index (χ2n) is 5.53. The fourth-order valence-corrected chi connectivity index (χ4v) is 3.24. The monoisotopic (exact) mass is 322 g/mol. The summed E-state index contributed by atoms with van der Waals surface area (Å²) in [6, 6.07) is 1.88. The van der Waals surface area contributed by atoms with Gasteiger partial charge in [-0.15, -0.1) is 0 Å². The molecule has 0 fully saturated rings. The Morgan fingerprint density at radius 1 is 1.35 bits per heavy atom. The maximum atomic E-state index is 12.0. The summed E-state index contributed by atoms with van der Waals surface area (Å²) in [5.41, 5.74) is 3.19. The Morgan fingerprint density at radius 2 is 2.09 bits per heavy atom. The quantitative estimate of drug-likeness (QED) is 0.902. The number of amides is 1. The molecule has 1 aliphatic rings. The molecule has 128 valence electrons. The third-order valence-electron chi connectivity index (χ3n) is 4.35. The van der Waals surface area contributed by atoms with E-state index in [1.54, 1.807) is 19.1 Å². The molecule has 1 heterocycles. The van der Waals surface area contributed by atoms with E-state index in [9.17, 15) is 4.79 Å². The van der Waals surface area contributed by atoms with Gasteiger partial charge in [-0.1, -0.05) is 6.92 Å². The molecule has 0 aromatic heterocycles. The van der Waals surface area contributed by atoms with Gasteiger partial charge in [-0.2, -0.15) is 0 Å². The average molecular weight is 322 g/mol. The Balaban J connectivity index is 2.52. The molecule has 6 heteroatoms. The van der Waals surface area contributed by atoms with Crippen LogP contribution in [0.4, 0.5) is 4.79 Å². The van der Waals surface area contributed by atoms with Crippen molar-refractivity contribution in [3.63, 3.8) is 0 Å². The van der Waals surface area contributed by atoms with Crippen LogP contribution in [0.25, 0.3) is 0 Å². The second-order valence-corrected chi connectivity index (χ2v) is 5.53. The minimum absolute atomic E-state index is 0.122. The second kappa shape index (κ2) is 7.55. The highest BCUT2D eigenvalue weighted by atomic mass is 16.5. The van der Waals surface area contributed by atoms with E-state index in [-0.39, 0.29) is 12.1 Å². The molecule has 1 aromatic rings. The van der Waals surface area contributed by atoms with Crippen LogP contribution in [-0.2, 0) is 17.7 Å². The number of rotatable bonds is 5. The zero-order valence-electron chi connectivity index (χ0n) is 14.6. The molecular formula is C17H26N2O4. The zero-order chi connectivity index (χ0) is 17.0. The predicted octanol–water partition coefficient (Wildman–Crippen LogP) is 2.50.